The third kappa shape index (κ3) is 4.34. The Balaban J connectivity index is 1.82. The SMILES string of the molecule is OC[C@H]1O[C@H](Oc2ccc(-c3ccc(Cl)cc3Cl)cc2Cl)[C@@H](O)[C@@H](O)[C@@H]1O. The summed E-state index contributed by atoms with van der Waals surface area (Å²) in [6, 6.07) is 9.97. The molecule has 2 aromatic carbocycles. The van der Waals surface area contributed by atoms with Gasteiger partial charge in [-0.05, 0) is 29.8 Å². The lowest BCUT2D eigenvalue weighted by Gasteiger charge is -2.39. The molecule has 0 radical (unpaired) electrons. The minimum Gasteiger partial charge on any atom is -0.460 e. The van der Waals surface area contributed by atoms with Crippen molar-refractivity contribution in [2.45, 2.75) is 30.7 Å². The maximum atomic E-state index is 10.1. The van der Waals surface area contributed by atoms with E-state index in [4.69, 9.17) is 44.3 Å². The van der Waals surface area contributed by atoms with Gasteiger partial charge in [-0.25, -0.2) is 0 Å². The summed E-state index contributed by atoms with van der Waals surface area (Å²) in [5.41, 5.74) is 1.45. The van der Waals surface area contributed by atoms with Crippen molar-refractivity contribution in [3.63, 3.8) is 0 Å². The first-order valence-electron chi connectivity index (χ1n) is 8.04. The van der Waals surface area contributed by atoms with Crippen LogP contribution in [0.25, 0.3) is 11.1 Å². The van der Waals surface area contributed by atoms with Gasteiger partial charge in [-0.3, -0.25) is 0 Å². The monoisotopic (exact) mass is 434 g/mol. The van der Waals surface area contributed by atoms with Crippen molar-refractivity contribution in [2.24, 2.45) is 0 Å². The number of aliphatic hydroxyl groups excluding tert-OH is 4. The summed E-state index contributed by atoms with van der Waals surface area (Å²) in [6.07, 6.45) is -6.91. The van der Waals surface area contributed by atoms with Crippen LogP contribution in [0.5, 0.6) is 5.75 Å². The van der Waals surface area contributed by atoms with Crippen LogP contribution in [0.15, 0.2) is 36.4 Å². The second-order valence-corrected chi connectivity index (χ2v) is 7.34. The average molecular weight is 436 g/mol. The molecule has 0 saturated carbocycles. The first-order valence-corrected chi connectivity index (χ1v) is 9.17. The molecule has 6 nitrogen and oxygen atoms in total. The number of hydrogen-bond donors (Lipinski definition) is 4. The molecule has 0 spiro atoms. The Kier molecular flexibility index (Phi) is 6.50. The van der Waals surface area contributed by atoms with E-state index >= 15 is 0 Å². The fourth-order valence-electron chi connectivity index (χ4n) is 2.78. The van der Waals surface area contributed by atoms with Crippen molar-refractivity contribution >= 4 is 34.8 Å². The van der Waals surface area contributed by atoms with Gasteiger partial charge in [0.1, 0.15) is 30.2 Å². The topological polar surface area (TPSA) is 99.4 Å². The molecule has 9 heteroatoms. The third-order valence-corrected chi connectivity index (χ3v) is 5.11. The fourth-order valence-corrected chi connectivity index (χ4v) is 3.52. The molecule has 0 aromatic heterocycles. The molecule has 1 heterocycles. The highest BCUT2D eigenvalue weighted by Crippen LogP contribution is 2.36. The molecule has 5 atom stereocenters. The third-order valence-electron chi connectivity index (χ3n) is 4.27. The van der Waals surface area contributed by atoms with E-state index in [1.807, 2.05) is 0 Å². The van der Waals surface area contributed by atoms with Gasteiger partial charge in [-0.15, -0.1) is 0 Å². The van der Waals surface area contributed by atoms with Crippen LogP contribution in [0.2, 0.25) is 15.1 Å². The molecule has 0 bridgehead atoms. The normalized spacial score (nSPS) is 28.2. The van der Waals surface area contributed by atoms with Crippen molar-refractivity contribution < 1.29 is 29.9 Å². The summed E-state index contributed by atoms with van der Waals surface area (Å²) in [5, 5.41) is 40.1. The number of hydrogen-bond acceptors (Lipinski definition) is 6. The smallest absolute Gasteiger partial charge is 0.229 e. The lowest BCUT2D eigenvalue weighted by atomic mass is 9.99. The molecule has 0 amide bonds. The van der Waals surface area contributed by atoms with Gasteiger partial charge in [0.25, 0.3) is 0 Å². The zero-order chi connectivity index (χ0) is 19.7. The molecular weight excluding hydrogens is 419 g/mol. The van der Waals surface area contributed by atoms with Crippen molar-refractivity contribution in [2.75, 3.05) is 6.61 Å². The van der Waals surface area contributed by atoms with Crippen LogP contribution >= 0.6 is 34.8 Å². The summed E-state index contributed by atoms with van der Waals surface area (Å²) < 4.78 is 10.9. The van der Waals surface area contributed by atoms with Crippen LogP contribution in [0, 0.1) is 0 Å². The summed E-state index contributed by atoms with van der Waals surface area (Å²) in [4.78, 5) is 0. The predicted molar refractivity (Wildman–Crippen MR) is 101 cm³/mol. The highest BCUT2D eigenvalue weighted by molar-refractivity contribution is 6.36. The Hall–Kier alpha value is -1.09. The molecule has 1 aliphatic heterocycles. The maximum Gasteiger partial charge on any atom is 0.229 e. The fraction of sp³-hybridized carbons (Fsp3) is 0.333. The molecule has 0 unspecified atom stereocenters. The molecular formula is C18H17Cl3O6. The second kappa shape index (κ2) is 8.51. The van der Waals surface area contributed by atoms with Crippen LogP contribution < -0.4 is 4.74 Å². The van der Waals surface area contributed by atoms with E-state index in [-0.39, 0.29) is 10.8 Å². The van der Waals surface area contributed by atoms with Crippen molar-refractivity contribution in [1.82, 2.24) is 0 Å². The van der Waals surface area contributed by atoms with Crippen LogP contribution in [0.4, 0.5) is 0 Å². The lowest BCUT2D eigenvalue weighted by Crippen LogP contribution is -2.60. The van der Waals surface area contributed by atoms with Gasteiger partial charge in [-0.1, -0.05) is 46.9 Å². The van der Waals surface area contributed by atoms with Crippen molar-refractivity contribution in [3.05, 3.63) is 51.5 Å². The van der Waals surface area contributed by atoms with Crippen LogP contribution in [0.1, 0.15) is 0 Å². The number of halogens is 3. The zero-order valence-electron chi connectivity index (χ0n) is 13.8. The van der Waals surface area contributed by atoms with Gasteiger partial charge in [0.15, 0.2) is 0 Å². The first-order chi connectivity index (χ1) is 12.8. The van der Waals surface area contributed by atoms with Crippen molar-refractivity contribution in [1.29, 1.82) is 0 Å². The Bertz CT molecular complexity index is 816. The Morgan fingerprint density at radius 3 is 2.26 bits per heavy atom. The zero-order valence-corrected chi connectivity index (χ0v) is 16.1. The standard InChI is InChI=1S/C18H17Cl3O6/c19-9-2-3-10(11(20)6-9)8-1-4-13(12(21)5-8)26-18-17(25)16(24)15(23)14(7-22)27-18/h1-6,14-18,22-25H,7H2/t14-,15-,16+,17+,18+/m1/s1. The van der Waals surface area contributed by atoms with E-state index < -0.39 is 37.3 Å². The van der Waals surface area contributed by atoms with E-state index in [0.717, 1.165) is 11.1 Å². The van der Waals surface area contributed by atoms with Crippen molar-refractivity contribution in [3.8, 4) is 16.9 Å². The second-order valence-electron chi connectivity index (χ2n) is 6.08. The molecule has 3 rings (SSSR count). The summed E-state index contributed by atoms with van der Waals surface area (Å²) >= 11 is 18.4. The van der Waals surface area contributed by atoms with Gasteiger partial charge < -0.3 is 29.9 Å². The van der Waals surface area contributed by atoms with E-state index in [1.54, 1.807) is 36.4 Å². The maximum absolute atomic E-state index is 10.1. The van der Waals surface area contributed by atoms with E-state index in [9.17, 15) is 20.4 Å². The minimum atomic E-state index is -1.54. The number of rotatable bonds is 4. The van der Waals surface area contributed by atoms with Gasteiger partial charge in [-0.2, -0.15) is 0 Å². The summed E-state index contributed by atoms with van der Waals surface area (Å²) in [7, 11) is 0. The van der Waals surface area contributed by atoms with Crippen LogP contribution in [-0.4, -0.2) is 57.7 Å². The minimum absolute atomic E-state index is 0.190. The Morgan fingerprint density at radius 2 is 1.63 bits per heavy atom. The predicted octanol–water partition coefficient (Wildman–Crippen LogP) is 2.49. The van der Waals surface area contributed by atoms with Crippen LogP contribution in [-0.2, 0) is 4.74 Å². The van der Waals surface area contributed by atoms with E-state index in [1.165, 1.54) is 0 Å². The summed E-state index contributed by atoms with van der Waals surface area (Å²) in [6.45, 7) is -0.549. The molecule has 1 aliphatic rings. The highest BCUT2D eigenvalue weighted by Gasteiger charge is 2.44. The number of aliphatic hydroxyl groups is 4. The quantitative estimate of drug-likeness (QED) is 0.589. The van der Waals surface area contributed by atoms with E-state index in [0.29, 0.717) is 10.0 Å². The average Bonchev–Trinajstić information content (AvgIpc) is 2.63. The highest BCUT2D eigenvalue weighted by atomic mass is 35.5. The van der Waals surface area contributed by atoms with Gasteiger partial charge >= 0.3 is 0 Å². The lowest BCUT2D eigenvalue weighted by molar-refractivity contribution is -0.277. The molecule has 1 saturated heterocycles. The molecule has 27 heavy (non-hydrogen) atoms. The van der Waals surface area contributed by atoms with Gasteiger partial charge in [0.2, 0.25) is 6.29 Å². The molecule has 1 fully saturated rings. The van der Waals surface area contributed by atoms with Crippen LogP contribution in [0.3, 0.4) is 0 Å². The van der Waals surface area contributed by atoms with E-state index in [2.05, 4.69) is 0 Å². The Labute approximate surface area is 170 Å². The Morgan fingerprint density at radius 1 is 0.889 bits per heavy atom. The number of ether oxygens (including phenoxy) is 2. The summed E-state index contributed by atoms with van der Waals surface area (Å²) in [5.74, 6) is 0.190. The molecule has 146 valence electrons. The first kappa shape index (κ1) is 20.6. The molecule has 2 aromatic rings. The molecule has 0 aliphatic carbocycles. The number of benzene rings is 2. The van der Waals surface area contributed by atoms with Gasteiger partial charge in [0.05, 0.1) is 11.6 Å². The van der Waals surface area contributed by atoms with Gasteiger partial charge in [0, 0.05) is 15.6 Å². The largest absolute Gasteiger partial charge is 0.460 e. The molecule has 4 N–H and O–H groups in total.